The first-order valence-electron chi connectivity index (χ1n) is 6.69. The fourth-order valence-electron chi connectivity index (χ4n) is 2.55. The highest BCUT2D eigenvalue weighted by atomic mass is 16.5. The summed E-state index contributed by atoms with van der Waals surface area (Å²) in [5.74, 6) is 0.603. The zero-order chi connectivity index (χ0) is 14.0. The lowest BCUT2D eigenvalue weighted by molar-refractivity contribution is 0.0885. The van der Waals surface area contributed by atoms with E-state index >= 15 is 0 Å². The van der Waals surface area contributed by atoms with Crippen LogP contribution in [-0.2, 0) is 5.60 Å². The number of nitriles is 1. The summed E-state index contributed by atoms with van der Waals surface area (Å²) in [6.07, 6.45) is 1.06. The van der Waals surface area contributed by atoms with E-state index in [1.807, 2.05) is 54.6 Å². The van der Waals surface area contributed by atoms with E-state index < -0.39 is 5.60 Å². The van der Waals surface area contributed by atoms with Gasteiger partial charge in [-0.25, -0.2) is 0 Å². The van der Waals surface area contributed by atoms with Gasteiger partial charge in [-0.1, -0.05) is 36.4 Å². The van der Waals surface area contributed by atoms with Crippen LogP contribution in [0.3, 0.4) is 0 Å². The molecule has 0 spiro atoms. The summed E-state index contributed by atoms with van der Waals surface area (Å²) in [5.41, 5.74) is 1.14. The van der Waals surface area contributed by atoms with Crippen molar-refractivity contribution in [3.63, 3.8) is 0 Å². The maximum atomic E-state index is 10.5. The molecule has 0 saturated heterocycles. The van der Waals surface area contributed by atoms with Gasteiger partial charge >= 0.3 is 0 Å². The molecule has 0 fully saturated rings. The highest BCUT2D eigenvalue weighted by molar-refractivity contribution is 5.66. The topological polar surface area (TPSA) is 53.2 Å². The van der Waals surface area contributed by atoms with Crippen LogP contribution in [0.5, 0.6) is 5.75 Å². The molecule has 0 aromatic heterocycles. The number of benzene rings is 2. The van der Waals surface area contributed by atoms with Gasteiger partial charge < -0.3 is 9.84 Å². The van der Waals surface area contributed by atoms with Gasteiger partial charge in [0.05, 0.1) is 6.61 Å². The minimum absolute atomic E-state index is 0.398. The molecule has 0 bridgehead atoms. The Labute approximate surface area is 118 Å². The summed E-state index contributed by atoms with van der Waals surface area (Å²) in [6, 6.07) is 17.6. The Morgan fingerprint density at radius 2 is 1.90 bits per heavy atom. The molecule has 0 saturated carbocycles. The van der Waals surface area contributed by atoms with Crippen LogP contribution in [0.1, 0.15) is 18.4 Å². The molecule has 1 atom stereocenters. The van der Waals surface area contributed by atoms with Gasteiger partial charge in [-0.05, 0) is 36.1 Å². The minimum atomic E-state index is -1.46. The van der Waals surface area contributed by atoms with Crippen molar-refractivity contribution in [2.24, 2.45) is 0 Å². The van der Waals surface area contributed by atoms with Crippen molar-refractivity contribution in [2.75, 3.05) is 6.61 Å². The molecule has 1 heterocycles. The van der Waals surface area contributed by atoms with Gasteiger partial charge in [0.2, 0.25) is 0 Å². The zero-order valence-electron chi connectivity index (χ0n) is 11.0. The Balaban J connectivity index is 2.14. The van der Waals surface area contributed by atoms with Gasteiger partial charge in [0, 0.05) is 5.56 Å². The molecule has 2 aromatic carbocycles. The zero-order valence-corrected chi connectivity index (χ0v) is 11.0. The molecule has 3 nitrogen and oxygen atoms in total. The summed E-state index contributed by atoms with van der Waals surface area (Å²) in [6.45, 7) is 0.529. The van der Waals surface area contributed by atoms with E-state index in [1.165, 1.54) is 0 Å². The lowest BCUT2D eigenvalue weighted by Gasteiger charge is -2.20. The van der Waals surface area contributed by atoms with Gasteiger partial charge in [0.25, 0.3) is 0 Å². The second kappa shape index (κ2) is 4.99. The molecule has 1 N–H and O–H groups in total. The standard InChI is InChI=1S/C17H15NO2/c18-12-17(19)9-4-10-20-16-8-7-14(11-15(16)17)13-5-2-1-3-6-13/h1-3,5-8,11,19H,4,9-10H2. The predicted octanol–water partition coefficient (Wildman–Crippen LogP) is 3.24. The Morgan fingerprint density at radius 1 is 1.10 bits per heavy atom. The molecule has 3 rings (SSSR count). The smallest absolute Gasteiger partial charge is 0.180 e. The molecular formula is C17H15NO2. The van der Waals surface area contributed by atoms with E-state index in [2.05, 4.69) is 0 Å². The first kappa shape index (κ1) is 12.7. The number of hydrogen-bond donors (Lipinski definition) is 1. The highest BCUT2D eigenvalue weighted by Crippen LogP contribution is 2.38. The van der Waals surface area contributed by atoms with Gasteiger partial charge in [0.1, 0.15) is 11.8 Å². The van der Waals surface area contributed by atoms with Crippen LogP contribution in [-0.4, -0.2) is 11.7 Å². The summed E-state index contributed by atoms with van der Waals surface area (Å²) < 4.78 is 5.63. The maximum absolute atomic E-state index is 10.5. The molecule has 1 aliphatic heterocycles. The van der Waals surface area contributed by atoms with Gasteiger partial charge in [-0.2, -0.15) is 5.26 Å². The van der Waals surface area contributed by atoms with E-state index in [0.29, 0.717) is 30.8 Å². The number of fused-ring (bicyclic) bond motifs is 1. The lowest BCUT2D eigenvalue weighted by atomic mass is 9.88. The van der Waals surface area contributed by atoms with Crippen molar-refractivity contribution in [2.45, 2.75) is 18.4 Å². The molecule has 3 heteroatoms. The Hall–Kier alpha value is -2.31. The first-order chi connectivity index (χ1) is 9.73. The van der Waals surface area contributed by atoms with Crippen LogP contribution in [0.2, 0.25) is 0 Å². The van der Waals surface area contributed by atoms with E-state index in [4.69, 9.17) is 4.74 Å². The SMILES string of the molecule is N#CC1(O)CCCOc2ccc(-c3ccccc3)cc21. The largest absolute Gasteiger partial charge is 0.493 e. The van der Waals surface area contributed by atoms with Gasteiger partial charge in [-0.15, -0.1) is 0 Å². The molecule has 1 aliphatic rings. The third-order valence-electron chi connectivity index (χ3n) is 3.66. The first-order valence-corrected chi connectivity index (χ1v) is 6.69. The summed E-state index contributed by atoms with van der Waals surface area (Å²) in [7, 11) is 0. The number of hydrogen-bond acceptors (Lipinski definition) is 3. The van der Waals surface area contributed by atoms with Crippen molar-refractivity contribution in [3.8, 4) is 22.9 Å². The third-order valence-corrected chi connectivity index (χ3v) is 3.66. The monoisotopic (exact) mass is 265 g/mol. The fourth-order valence-corrected chi connectivity index (χ4v) is 2.55. The van der Waals surface area contributed by atoms with E-state index in [-0.39, 0.29) is 0 Å². The highest BCUT2D eigenvalue weighted by Gasteiger charge is 2.34. The van der Waals surface area contributed by atoms with Crippen molar-refractivity contribution in [1.29, 1.82) is 5.26 Å². The molecule has 20 heavy (non-hydrogen) atoms. The maximum Gasteiger partial charge on any atom is 0.180 e. The quantitative estimate of drug-likeness (QED) is 0.805. The normalized spacial score (nSPS) is 21.2. The summed E-state index contributed by atoms with van der Waals surface area (Å²) in [5, 5.41) is 19.9. The minimum Gasteiger partial charge on any atom is -0.493 e. The molecular weight excluding hydrogens is 250 g/mol. The number of rotatable bonds is 1. The van der Waals surface area contributed by atoms with Crippen molar-refractivity contribution >= 4 is 0 Å². The van der Waals surface area contributed by atoms with Crippen LogP contribution >= 0.6 is 0 Å². The van der Waals surface area contributed by atoms with E-state index in [0.717, 1.165) is 11.1 Å². The Bertz CT molecular complexity index is 660. The molecule has 1 unspecified atom stereocenters. The fraction of sp³-hybridized carbons (Fsp3) is 0.235. The Morgan fingerprint density at radius 3 is 2.65 bits per heavy atom. The molecule has 0 radical (unpaired) electrons. The van der Waals surface area contributed by atoms with Crippen LogP contribution in [0, 0.1) is 11.3 Å². The summed E-state index contributed by atoms with van der Waals surface area (Å²) in [4.78, 5) is 0. The van der Waals surface area contributed by atoms with E-state index in [1.54, 1.807) is 0 Å². The van der Waals surface area contributed by atoms with Crippen molar-refractivity contribution < 1.29 is 9.84 Å². The second-order valence-electron chi connectivity index (χ2n) is 5.00. The number of ether oxygens (including phenoxy) is 1. The molecule has 2 aromatic rings. The molecule has 100 valence electrons. The lowest BCUT2D eigenvalue weighted by Crippen LogP contribution is -2.22. The van der Waals surface area contributed by atoms with Crippen LogP contribution < -0.4 is 4.74 Å². The third kappa shape index (κ3) is 2.15. The molecule has 0 aliphatic carbocycles. The average Bonchev–Trinajstić information content (AvgIpc) is 2.68. The molecule has 0 amide bonds. The van der Waals surface area contributed by atoms with Crippen molar-refractivity contribution in [3.05, 3.63) is 54.1 Å². The number of aliphatic hydroxyl groups is 1. The van der Waals surface area contributed by atoms with Crippen LogP contribution in [0.15, 0.2) is 48.5 Å². The second-order valence-corrected chi connectivity index (χ2v) is 5.00. The average molecular weight is 265 g/mol. The van der Waals surface area contributed by atoms with Crippen LogP contribution in [0.4, 0.5) is 0 Å². The van der Waals surface area contributed by atoms with Crippen molar-refractivity contribution in [1.82, 2.24) is 0 Å². The van der Waals surface area contributed by atoms with Gasteiger partial charge in [0.15, 0.2) is 5.60 Å². The summed E-state index contributed by atoms with van der Waals surface area (Å²) >= 11 is 0. The predicted molar refractivity (Wildman–Crippen MR) is 76.1 cm³/mol. The van der Waals surface area contributed by atoms with Gasteiger partial charge in [-0.3, -0.25) is 0 Å². The Kier molecular flexibility index (Phi) is 3.17. The van der Waals surface area contributed by atoms with E-state index in [9.17, 15) is 10.4 Å². The van der Waals surface area contributed by atoms with Crippen LogP contribution in [0.25, 0.3) is 11.1 Å². The number of nitrogens with zero attached hydrogens (tertiary/aromatic N) is 1.